The molecule has 1 aliphatic carbocycles. The van der Waals surface area contributed by atoms with Crippen LogP contribution >= 0.6 is 0 Å². The number of pyridine rings is 1. The predicted molar refractivity (Wildman–Crippen MR) is 59.8 cm³/mol. The topological polar surface area (TPSA) is 43.3 Å². The molecule has 3 nitrogen and oxygen atoms in total. The molecule has 2 aromatic heterocycles. The van der Waals surface area contributed by atoms with Crippen LogP contribution < -0.4 is 5.73 Å². The first-order chi connectivity index (χ1) is 7.31. The Morgan fingerprint density at radius 3 is 3.00 bits per heavy atom. The van der Waals surface area contributed by atoms with E-state index in [1.165, 1.54) is 29.8 Å². The number of fused-ring (bicyclic) bond motifs is 1. The molecule has 2 N–H and O–H groups in total. The maximum Gasteiger partial charge on any atom is 0.140 e. The number of aryl methyl sites for hydroxylation is 1. The Balaban J connectivity index is 2.31. The lowest BCUT2D eigenvalue weighted by Gasteiger charge is -2.00. The molecule has 1 saturated carbocycles. The molecule has 2 heterocycles. The lowest BCUT2D eigenvalue weighted by molar-refractivity contribution is 0.910. The number of hydrogen-bond donors (Lipinski definition) is 1. The van der Waals surface area contributed by atoms with Gasteiger partial charge in [0.15, 0.2) is 0 Å². The molecule has 0 aliphatic heterocycles. The van der Waals surface area contributed by atoms with Gasteiger partial charge < -0.3 is 10.1 Å². The quantitative estimate of drug-likeness (QED) is 0.807. The van der Waals surface area contributed by atoms with Gasteiger partial charge in [-0.25, -0.2) is 4.98 Å². The van der Waals surface area contributed by atoms with Crippen LogP contribution in [-0.4, -0.2) is 9.38 Å². The molecule has 0 spiro atoms. The van der Waals surface area contributed by atoms with E-state index in [2.05, 4.69) is 29.7 Å². The van der Waals surface area contributed by atoms with Gasteiger partial charge in [0.1, 0.15) is 5.65 Å². The van der Waals surface area contributed by atoms with Crippen LogP contribution in [-0.2, 0) is 6.54 Å². The number of nitrogens with zero attached hydrogens (tertiary/aromatic N) is 2. The van der Waals surface area contributed by atoms with Gasteiger partial charge in [-0.2, -0.15) is 0 Å². The lowest BCUT2D eigenvalue weighted by atomic mass is 10.2. The van der Waals surface area contributed by atoms with Crippen LogP contribution in [0.5, 0.6) is 0 Å². The van der Waals surface area contributed by atoms with Crippen LogP contribution in [0.1, 0.15) is 35.7 Å². The van der Waals surface area contributed by atoms with Crippen molar-refractivity contribution < 1.29 is 0 Å². The van der Waals surface area contributed by atoms with E-state index in [1.807, 2.05) is 0 Å². The Bertz CT molecular complexity index is 509. The molecule has 3 heteroatoms. The third-order valence-corrected chi connectivity index (χ3v) is 3.13. The molecule has 0 amide bonds. The van der Waals surface area contributed by atoms with Crippen molar-refractivity contribution in [3.05, 3.63) is 35.3 Å². The smallest absolute Gasteiger partial charge is 0.140 e. The van der Waals surface area contributed by atoms with Crippen molar-refractivity contribution in [2.45, 2.75) is 32.2 Å². The van der Waals surface area contributed by atoms with E-state index in [0.717, 1.165) is 5.65 Å². The van der Waals surface area contributed by atoms with Gasteiger partial charge in [0.05, 0.1) is 11.4 Å². The number of imidazole rings is 1. The maximum absolute atomic E-state index is 5.82. The van der Waals surface area contributed by atoms with Crippen molar-refractivity contribution in [3.63, 3.8) is 0 Å². The fourth-order valence-electron chi connectivity index (χ4n) is 2.16. The second kappa shape index (κ2) is 3.07. The molecule has 78 valence electrons. The van der Waals surface area contributed by atoms with Gasteiger partial charge in [-0.15, -0.1) is 0 Å². The lowest BCUT2D eigenvalue weighted by Crippen LogP contribution is -2.03. The number of hydrogen-bond acceptors (Lipinski definition) is 2. The zero-order valence-electron chi connectivity index (χ0n) is 8.90. The standard InChI is InChI=1S/C12H15N3/c1-8-3-2-6-15-10(7-13)11(9-4-5-9)14-12(8)15/h2-3,6,9H,4-5,7,13H2,1H3. The molecule has 0 saturated heterocycles. The molecule has 0 bridgehead atoms. The summed E-state index contributed by atoms with van der Waals surface area (Å²) in [5.41, 5.74) is 10.5. The number of nitrogens with two attached hydrogens (primary N) is 1. The summed E-state index contributed by atoms with van der Waals surface area (Å²) in [7, 11) is 0. The molecule has 1 aliphatic rings. The molecule has 0 radical (unpaired) electrons. The summed E-state index contributed by atoms with van der Waals surface area (Å²) in [5.74, 6) is 0.669. The van der Waals surface area contributed by atoms with Crippen LogP contribution in [0.4, 0.5) is 0 Å². The molecule has 1 fully saturated rings. The van der Waals surface area contributed by atoms with Gasteiger partial charge in [0.2, 0.25) is 0 Å². The average Bonchev–Trinajstić information content (AvgIpc) is 3.00. The Morgan fingerprint density at radius 1 is 1.53 bits per heavy atom. The Hall–Kier alpha value is -1.35. The van der Waals surface area contributed by atoms with Crippen LogP contribution in [0.15, 0.2) is 18.3 Å². The third-order valence-electron chi connectivity index (χ3n) is 3.13. The molecule has 0 unspecified atom stereocenters. The highest BCUT2D eigenvalue weighted by atomic mass is 15.0. The molecular weight excluding hydrogens is 186 g/mol. The van der Waals surface area contributed by atoms with E-state index in [1.54, 1.807) is 0 Å². The van der Waals surface area contributed by atoms with Crippen molar-refractivity contribution in [1.82, 2.24) is 9.38 Å². The van der Waals surface area contributed by atoms with E-state index < -0.39 is 0 Å². The Labute approximate surface area is 88.9 Å². The van der Waals surface area contributed by atoms with Crippen LogP contribution in [0, 0.1) is 6.92 Å². The minimum absolute atomic E-state index is 0.580. The normalized spacial score (nSPS) is 16.1. The van der Waals surface area contributed by atoms with E-state index >= 15 is 0 Å². The van der Waals surface area contributed by atoms with E-state index in [-0.39, 0.29) is 0 Å². The minimum Gasteiger partial charge on any atom is -0.325 e. The zero-order valence-corrected chi connectivity index (χ0v) is 8.90. The van der Waals surface area contributed by atoms with Gasteiger partial charge in [-0.3, -0.25) is 0 Å². The van der Waals surface area contributed by atoms with Crippen molar-refractivity contribution in [1.29, 1.82) is 0 Å². The monoisotopic (exact) mass is 201 g/mol. The summed E-state index contributed by atoms with van der Waals surface area (Å²) in [6.45, 7) is 2.68. The zero-order chi connectivity index (χ0) is 10.4. The molecule has 0 atom stereocenters. The van der Waals surface area contributed by atoms with Crippen molar-refractivity contribution in [3.8, 4) is 0 Å². The fraction of sp³-hybridized carbons (Fsp3) is 0.417. The minimum atomic E-state index is 0.580. The summed E-state index contributed by atoms with van der Waals surface area (Å²) >= 11 is 0. The summed E-state index contributed by atoms with van der Waals surface area (Å²) in [4.78, 5) is 4.73. The van der Waals surface area contributed by atoms with E-state index in [9.17, 15) is 0 Å². The Morgan fingerprint density at radius 2 is 2.33 bits per heavy atom. The van der Waals surface area contributed by atoms with Crippen LogP contribution in [0.25, 0.3) is 5.65 Å². The first-order valence-corrected chi connectivity index (χ1v) is 5.47. The summed E-state index contributed by atoms with van der Waals surface area (Å²) in [5, 5.41) is 0. The second-order valence-electron chi connectivity index (χ2n) is 4.31. The molecule has 2 aromatic rings. The highest BCUT2D eigenvalue weighted by Gasteiger charge is 2.29. The highest BCUT2D eigenvalue weighted by Crippen LogP contribution is 2.41. The van der Waals surface area contributed by atoms with E-state index in [0.29, 0.717) is 12.5 Å². The predicted octanol–water partition coefficient (Wildman–Crippen LogP) is 1.98. The fourth-order valence-corrected chi connectivity index (χ4v) is 2.16. The van der Waals surface area contributed by atoms with Crippen molar-refractivity contribution in [2.24, 2.45) is 5.73 Å². The van der Waals surface area contributed by atoms with Gasteiger partial charge in [-0.1, -0.05) is 6.07 Å². The third kappa shape index (κ3) is 1.27. The largest absolute Gasteiger partial charge is 0.325 e. The van der Waals surface area contributed by atoms with Gasteiger partial charge in [0.25, 0.3) is 0 Å². The van der Waals surface area contributed by atoms with Gasteiger partial charge in [0, 0.05) is 18.7 Å². The number of rotatable bonds is 2. The molecular formula is C12H15N3. The number of aromatic nitrogens is 2. The second-order valence-corrected chi connectivity index (χ2v) is 4.31. The summed E-state index contributed by atoms with van der Waals surface area (Å²) in [6.07, 6.45) is 4.61. The molecule has 15 heavy (non-hydrogen) atoms. The van der Waals surface area contributed by atoms with Crippen molar-refractivity contribution >= 4 is 5.65 Å². The molecule has 0 aromatic carbocycles. The summed E-state index contributed by atoms with van der Waals surface area (Å²) < 4.78 is 2.14. The highest BCUT2D eigenvalue weighted by molar-refractivity contribution is 5.51. The Kier molecular flexibility index (Phi) is 1.83. The first-order valence-electron chi connectivity index (χ1n) is 5.47. The average molecular weight is 201 g/mol. The van der Waals surface area contributed by atoms with Gasteiger partial charge in [-0.05, 0) is 31.4 Å². The SMILES string of the molecule is Cc1cccn2c(CN)c(C3CC3)nc12. The van der Waals surface area contributed by atoms with Crippen LogP contribution in [0.2, 0.25) is 0 Å². The van der Waals surface area contributed by atoms with Gasteiger partial charge >= 0.3 is 0 Å². The maximum atomic E-state index is 5.82. The first kappa shape index (κ1) is 8.92. The molecule has 3 rings (SSSR count). The van der Waals surface area contributed by atoms with Crippen LogP contribution in [0.3, 0.4) is 0 Å². The van der Waals surface area contributed by atoms with E-state index in [4.69, 9.17) is 10.7 Å². The van der Waals surface area contributed by atoms with Crippen molar-refractivity contribution in [2.75, 3.05) is 0 Å². The summed E-state index contributed by atoms with van der Waals surface area (Å²) in [6, 6.07) is 4.15.